The van der Waals surface area contributed by atoms with Crippen LogP contribution in [-0.4, -0.2) is 34.1 Å². The summed E-state index contributed by atoms with van der Waals surface area (Å²) in [7, 11) is 0. The number of nitrogens with zero attached hydrogens (tertiary/aromatic N) is 1. The molecule has 2 aromatic carbocycles. The molecule has 2 N–H and O–H groups in total. The molecule has 3 rings (SSSR count). The van der Waals surface area contributed by atoms with Gasteiger partial charge in [-0.05, 0) is 47.3 Å². The summed E-state index contributed by atoms with van der Waals surface area (Å²) >= 11 is 10.4. The number of amides is 1. The van der Waals surface area contributed by atoms with E-state index in [9.17, 15) is 4.79 Å². The monoisotopic (exact) mass is 315 g/mol. The molecule has 21 heavy (non-hydrogen) atoms. The topological polar surface area (TPSA) is 44.4 Å². The fourth-order valence-corrected chi connectivity index (χ4v) is 2.85. The van der Waals surface area contributed by atoms with Crippen LogP contribution in [0.3, 0.4) is 0 Å². The van der Waals surface area contributed by atoms with Gasteiger partial charge in [-0.2, -0.15) is 0 Å². The number of hydrogen-bond donors (Lipinski definition) is 2. The van der Waals surface area contributed by atoms with E-state index in [1.807, 2.05) is 36.4 Å². The highest BCUT2D eigenvalue weighted by molar-refractivity contribution is 7.81. The second-order valence-electron chi connectivity index (χ2n) is 4.70. The van der Waals surface area contributed by atoms with Crippen molar-refractivity contribution in [3.05, 3.63) is 48.0 Å². The fraction of sp³-hybridized carbons (Fsp3) is 0.133. The lowest BCUT2D eigenvalue weighted by Crippen LogP contribution is -2.44. The van der Waals surface area contributed by atoms with Crippen molar-refractivity contribution in [1.82, 2.24) is 15.5 Å². The number of thiocarbonyl (C=S) groups is 2. The average Bonchev–Trinajstić information content (AvgIpc) is 2.93. The molecule has 1 saturated heterocycles. The zero-order valence-electron chi connectivity index (χ0n) is 11.1. The largest absolute Gasteiger partial charge is 0.360 e. The molecule has 0 saturated carbocycles. The molecule has 0 unspecified atom stereocenters. The van der Waals surface area contributed by atoms with Gasteiger partial charge in [0.05, 0.1) is 0 Å². The van der Waals surface area contributed by atoms with Gasteiger partial charge >= 0.3 is 0 Å². The summed E-state index contributed by atoms with van der Waals surface area (Å²) in [6.07, 6.45) is 0. The average molecular weight is 315 g/mol. The van der Waals surface area contributed by atoms with E-state index in [0.717, 1.165) is 17.3 Å². The zero-order chi connectivity index (χ0) is 14.8. The Balaban J connectivity index is 1.77. The van der Waals surface area contributed by atoms with Crippen LogP contribution in [0.2, 0.25) is 0 Å². The molecular formula is C15H13N3OS2. The molecule has 6 heteroatoms. The van der Waals surface area contributed by atoms with E-state index >= 15 is 0 Å². The quantitative estimate of drug-likeness (QED) is 0.789. The van der Waals surface area contributed by atoms with Crippen LogP contribution in [-0.2, 0) is 0 Å². The Labute approximate surface area is 133 Å². The third kappa shape index (κ3) is 2.86. The first-order valence-electron chi connectivity index (χ1n) is 6.54. The molecule has 4 nitrogen and oxygen atoms in total. The van der Waals surface area contributed by atoms with Gasteiger partial charge in [-0.3, -0.25) is 15.0 Å². The molecule has 106 valence electrons. The van der Waals surface area contributed by atoms with Crippen LogP contribution in [0.4, 0.5) is 0 Å². The Morgan fingerprint density at radius 1 is 1.19 bits per heavy atom. The van der Waals surface area contributed by atoms with Crippen molar-refractivity contribution < 1.29 is 4.79 Å². The molecule has 0 spiro atoms. The zero-order valence-corrected chi connectivity index (χ0v) is 12.8. The van der Waals surface area contributed by atoms with Crippen molar-refractivity contribution in [1.29, 1.82) is 0 Å². The Kier molecular flexibility index (Phi) is 3.81. The SMILES string of the molecule is O=C(NC(=S)N1CCNC1=S)c1ccc2ccccc2c1. The molecule has 1 amide bonds. The summed E-state index contributed by atoms with van der Waals surface area (Å²) in [4.78, 5) is 14.0. The van der Waals surface area contributed by atoms with Gasteiger partial charge in [-0.15, -0.1) is 0 Å². The van der Waals surface area contributed by atoms with E-state index in [2.05, 4.69) is 10.6 Å². The van der Waals surface area contributed by atoms with Gasteiger partial charge in [0.25, 0.3) is 5.91 Å². The predicted octanol–water partition coefficient (Wildman–Crippen LogP) is 2.04. The van der Waals surface area contributed by atoms with Crippen LogP contribution in [0.1, 0.15) is 10.4 Å². The standard InChI is InChI=1S/C15H13N3OS2/c19-13(17-15(21)18-8-7-16-14(18)20)12-6-5-10-3-1-2-4-11(10)9-12/h1-6,9H,7-8H2,(H,16,20)(H,17,19,21). The Hall–Kier alpha value is -2.05. The molecule has 2 aromatic rings. The van der Waals surface area contributed by atoms with Crippen molar-refractivity contribution in [2.24, 2.45) is 0 Å². The van der Waals surface area contributed by atoms with Gasteiger partial charge < -0.3 is 5.32 Å². The second-order valence-corrected chi connectivity index (χ2v) is 5.48. The fourth-order valence-electron chi connectivity index (χ4n) is 2.23. The van der Waals surface area contributed by atoms with Crippen molar-refractivity contribution in [3.8, 4) is 0 Å². The van der Waals surface area contributed by atoms with Gasteiger partial charge in [-0.1, -0.05) is 30.3 Å². The maximum atomic E-state index is 12.3. The minimum Gasteiger partial charge on any atom is -0.360 e. The predicted molar refractivity (Wildman–Crippen MR) is 91.3 cm³/mol. The molecule has 0 aliphatic carbocycles. The van der Waals surface area contributed by atoms with E-state index in [-0.39, 0.29) is 5.91 Å². The van der Waals surface area contributed by atoms with Crippen LogP contribution < -0.4 is 10.6 Å². The number of carbonyl (C=O) groups excluding carboxylic acids is 1. The van der Waals surface area contributed by atoms with Gasteiger partial charge in [0.1, 0.15) is 0 Å². The minimum absolute atomic E-state index is 0.222. The van der Waals surface area contributed by atoms with Crippen molar-refractivity contribution in [2.45, 2.75) is 0 Å². The minimum atomic E-state index is -0.222. The smallest absolute Gasteiger partial charge is 0.257 e. The van der Waals surface area contributed by atoms with E-state index < -0.39 is 0 Å². The number of carbonyl (C=O) groups is 1. The third-order valence-corrected chi connectivity index (χ3v) is 4.02. The van der Waals surface area contributed by atoms with Gasteiger partial charge in [0, 0.05) is 18.7 Å². The third-order valence-electron chi connectivity index (χ3n) is 3.33. The number of benzene rings is 2. The number of fused-ring (bicyclic) bond motifs is 1. The number of nitrogens with one attached hydrogen (secondary N) is 2. The molecule has 1 fully saturated rings. The summed E-state index contributed by atoms with van der Waals surface area (Å²) in [5, 5.41) is 8.74. The Morgan fingerprint density at radius 3 is 2.67 bits per heavy atom. The first-order chi connectivity index (χ1) is 10.1. The van der Waals surface area contributed by atoms with Gasteiger partial charge in [0.15, 0.2) is 10.2 Å². The van der Waals surface area contributed by atoms with E-state index in [4.69, 9.17) is 24.4 Å². The van der Waals surface area contributed by atoms with Crippen LogP contribution >= 0.6 is 24.4 Å². The lowest BCUT2D eigenvalue weighted by Gasteiger charge is -2.17. The molecular weight excluding hydrogens is 302 g/mol. The lowest BCUT2D eigenvalue weighted by molar-refractivity contribution is 0.0975. The second kappa shape index (κ2) is 5.75. The first-order valence-corrected chi connectivity index (χ1v) is 7.36. The summed E-state index contributed by atoms with van der Waals surface area (Å²) in [5.74, 6) is -0.222. The molecule has 1 aliphatic heterocycles. The summed E-state index contributed by atoms with van der Waals surface area (Å²) < 4.78 is 0. The Bertz CT molecular complexity index is 745. The van der Waals surface area contributed by atoms with E-state index in [1.54, 1.807) is 11.0 Å². The molecule has 0 bridgehead atoms. The number of hydrogen-bond acceptors (Lipinski definition) is 3. The van der Waals surface area contributed by atoms with Crippen LogP contribution in [0.5, 0.6) is 0 Å². The van der Waals surface area contributed by atoms with Gasteiger partial charge in [-0.25, -0.2) is 0 Å². The maximum absolute atomic E-state index is 12.3. The molecule has 0 aromatic heterocycles. The van der Waals surface area contributed by atoms with E-state index in [1.165, 1.54) is 0 Å². The normalized spacial score (nSPS) is 14.1. The van der Waals surface area contributed by atoms with Crippen LogP contribution in [0.25, 0.3) is 10.8 Å². The van der Waals surface area contributed by atoms with E-state index in [0.29, 0.717) is 22.3 Å². The molecule has 1 heterocycles. The van der Waals surface area contributed by atoms with Crippen LogP contribution in [0.15, 0.2) is 42.5 Å². The van der Waals surface area contributed by atoms with Crippen molar-refractivity contribution in [3.63, 3.8) is 0 Å². The molecule has 0 atom stereocenters. The maximum Gasteiger partial charge on any atom is 0.257 e. The Morgan fingerprint density at radius 2 is 1.95 bits per heavy atom. The van der Waals surface area contributed by atoms with Crippen molar-refractivity contribution >= 4 is 51.3 Å². The summed E-state index contributed by atoms with van der Waals surface area (Å²) in [6.45, 7) is 1.42. The van der Waals surface area contributed by atoms with Crippen LogP contribution in [0, 0.1) is 0 Å². The van der Waals surface area contributed by atoms with Crippen molar-refractivity contribution in [2.75, 3.05) is 13.1 Å². The molecule has 0 radical (unpaired) electrons. The highest BCUT2D eigenvalue weighted by Crippen LogP contribution is 2.15. The van der Waals surface area contributed by atoms with Gasteiger partial charge in [0.2, 0.25) is 0 Å². The highest BCUT2D eigenvalue weighted by Gasteiger charge is 2.21. The summed E-state index contributed by atoms with van der Waals surface area (Å²) in [6, 6.07) is 13.5. The number of rotatable bonds is 1. The lowest BCUT2D eigenvalue weighted by atomic mass is 10.1. The first kappa shape index (κ1) is 13.9. The highest BCUT2D eigenvalue weighted by atomic mass is 32.1. The molecule has 1 aliphatic rings. The summed E-state index contributed by atoms with van der Waals surface area (Å²) in [5.41, 5.74) is 0.578.